The molecule has 0 amide bonds. The van der Waals surface area contributed by atoms with Crippen LogP contribution in [0.2, 0.25) is 0 Å². The molecule has 0 aliphatic carbocycles. The maximum absolute atomic E-state index is 11.1. The van der Waals surface area contributed by atoms with E-state index in [9.17, 15) is 8.42 Å². The molecule has 0 saturated heterocycles. The lowest BCUT2D eigenvalue weighted by Crippen LogP contribution is -2.00. The molecule has 0 spiro atoms. The largest absolute Gasteiger partial charge is 0.425 e. The van der Waals surface area contributed by atoms with Crippen molar-refractivity contribution in [1.82, 2.24) is 0 Å². The molecule has 2 aromatic carbocycles. The second kappa shape index (κ2) is 9.71. The predicted octanol–water partition coefficient (Wildman–Crippen LogP) is 0.120. The Hall–Kier alpha value is -2.35. The van der Waals surface area contributed by atoms with Crippen molar-refractivity contribution in [3.8, 4) is 0 Å². The van der Waals surface area contributed by atoms with Crippen LogP contribution in [0.1, 0.15) is 0 Å². The van der Waals surface area contributed by atoms with E-state index < -0.39 is 31.3 Å². The van der Waals surface area contributed by atoms with Gasteiger partial charge in [0.15, 0.2) is 0 Å². The Kier molecular flexibility index (Phi) is 8.76. The summed E-state index contributed by atoms with van der Waals surface area (Å²) in [6, 6.07) is 10.2. The van der Waals surface area contributed by atoms with Gasteiger partial charge < -0.3 is 5.32 Å². The third kappa shape index (κ3) is 8.33. The Bertz CT molecular complexity index is 984. The number of nitrogens with one attached hydrogen (secondary N) is 1. The molecular weight excluding hydrogens is 386 g/mol. The van der Waals surface area contributed by atoms with E-state index in [-0.39, 0.29) is 4.90 Å². The highest BCUT2D eigenvalue weighted by atomic mass is 32.2. The van der Waals surface area contributed by atoms with Gasteiger partial charge in [0, 0.05) is 18.1 Å². The summed E-state index contributed by atoms with van der Waals surface area (Å²) in [5.41, 5.74) is 0.672. The third-order valence-corrected chi connectivity index (χ3v) is 3.23. The van der Waals surface area contributed by atoms with Gasteiger partial charge in [0.1, 0.15) is 0 Å². The van der Waals surface area contributed by atoms with E-state index in [1.54, 1.807) is 13.1 Å². The van der Waals surface area contributed by atoms with Crippen LogP contribution in [-0.2, 0) is 31.3 Å². The summed E-state index contributed by atoms with van der Waals surface area (Å²) in [5, 5.41) is 4.59. The molecule has 0 fully saturated rings. The summed E-state index contributed by atoms with van der Waals surface area (Å²) in [6.45, 7) is 0. The first-order valence-corrected chi connectivity index (χ1v) is 9.14. The van der Waals surface area contributed by atoms with Crippen molar-refractivity contribution in [3.05, 3.63) is 36.4 Å². The van der Waals surface area contributed by atoms with Crippen molar-refractivity contribution in [2.45, 2.75) is 4.90 Å². The van der Waals surface area contributed by atoms with E-state index in [0.717, 1.165) is 10.8 Å². The fourth-order valence-corrected chi connectivity index (χ4v) is 2.18. The summed E-state index contributed by atoms with van der Waals surface area (Å²) in [7, 11) is -8.69. The number of benzene rings is 2. The van der Waals surface area contributed by atoms with Gasteiger partial charge in [-0.3, -0.25) is 4.55 Å². The van der Waals surface area contributed by atoms with Crippen molar-refractivity contribution in [2.75, 3.05) is 12.4 Å². The van der Waals surface area contributed by atoms with E-state index in [1.807, 2.05) is 18.2 Å². The average Bonchev–Trinajstić information content (AvgIpc) is 2.44. The van der Waals surface area contributed by atoms with Crippen LogP contribution < -0.4 is 5.32 Å². The van der Waals surface area contributed by atoms with Crippen LogP contribution in [0.15, 0.2) is 41.3 Å². The topological polar surface area (TPSA) is 169 Å². The molecule has 0 aromatic heterocycles. The minimum absolute atomic E-state index is 0.101. The molecule has 132 valence electrons. The SMILES string of the molecule is CNc1cc(S(=O)(=O)O)cc2ccccc12.O=S(=O)=O.O=S(=O)=O. The number of hydrogen-bond acceptors (Lipinski definition) is 9. The van der Waals surface area contributed by atoms with Gasteiger partial charge in [-0.2, -0.15) is 8.42 Å². The van der Waals surface area contributed by atoms with Gasteiger partial charge >= 0.3 is 21.2 Å². The first kappa shape index (κ1) is 21.6. The van der Waals surface area contributed by atoms with Crippen LogP contribution in [0.3, 0.4) is 0 Å². The normalized spacial score (nSPS) is 9.75. The molecule has 24 heavy (non-hydrogen) atoms. The number of hydrogen-bond donors (Lipinski definition) is 2. The smallest absolute Gasteiger partial charge is 0.388 e. The molecular formula is C11H11NO9S3. The Morgan fingerprint density at radius 2 is 1.38 bits per heavy atom. The van der Waals surface area contributed by atoms with Crippen molar-refractivity contribution < 1.29 is 38.2 Å². The van der Waals surface area contributed by atoms with Crippen molar-refractivity contribution in [3.63, 3.8) is 0 Å². The van der Waals surface area contributed by atoms with Crippen molar-refractivity contribution in [2.24, 2.45) is 0 Å². The highest BCUT2D eigenvalue weighted by Crippen LogP contribution is 2.27. The van der Waals surface area contributed by atoms with E-state index in [0.29, 0.717) is 5.69 Å². The number of anilines is 1. The van der Waals surface area contributed by atoms with E-state index >= 15 is 0 Å². The number of rotatable bonds is 2. The Labute approximate surface area is 140 Å². The van der Waals surface area contributed by atoms with Crippen molar-refractivity contribution >= 4 is 47.8 Å². The van der Waals surface area contributed by atoms with Crippen LogP contribution in [0.5, 0.6) is 0 Å². The minimum atomic E-state index is -4.17. The lowest BCUT2D eigenvalue weighted by atomic mass is 10.1. The van der Waals surface area contributed by atoms with E-state index in [2.05, 4.69) is 5.32 Å². The molecule has 0 bridgehead atoms. The molecule has 2 rings (SSSR count). The molecule has 10 nitrogen and oxygen atoms in total. The lowest BCUT2D eigenvalue weighted by Gasteiger charge is -2.08. The number of fused-ring (bicyclic) bond motifs is 1. The van der Waals surface area contributed by atoms with Crippen molar-refractivity contribution in [1.29, 1.82) is 0 Å². The molecule has 0 saturated carbocycles. The molecule has 0 radical (unpaired) electrons. The quantitative estimate of drug-likeness (QED) is 0.664. The second-order valence-corrected chi connectivity index (χ2v) is 6.06. The Balaban J connectivity index is 0.000000558. The summed E-state index contributed by atoms with van der Waals surface area (Å²) >= 11 is 0. The molecule has 0 aliphatic heterocycles. The van der Waals surface area contributed by atoms with Gasteiger partial charge in [-0.25, -0.2) is 0 Å². The van der Waals surface area contributed by atoms with Crippen LogP contribution >= 0.6 is 0 Å². The second-order valence-electron chi connectivity index (χ2n) is 3.83. The Morgan fingerprint density at radius 1 is 0.917 bits per heavy atom. The van der Waals surface area contributed by atoms with Crippen LogP contribution in [0.4, 0.5) is 5.69 Å². The van der Waals surface area contributed by atoms with E-state index in [4.69, 9.17) is 29.8 Å². The molecule has 0 aliphatic rings. The molecule has 2 aromatic rings. The van der Waals surface area contributed by atoms with Gasteiger partial charge in [-0.05, 0) is 17.5 Å². The first-order chi connectivity index (χ1) is 11.0. The lowest BCUT2D eigenvalue weighted by molar-refractivity contribution is 0.483. The van der Waals surface area contributed by atoms with Crippen LogP contribution in [0, 0.1) is 0 Å². The molecule has 0 unspecified atom stereocenters. The summed E-state index contributed by atoms with van der Waals surface area (Å²) in [5.74, 6) is 0. The van der Waals surface area contributed by atoms with Crippen LogP contribution in [-0.4, -0.2) is 45.3 Å². The molecule has 0 atom stereocenters. The zero-order valence-corrected chi connectivity index (χ0v) is 14.4. The average molecular weight is 397 g/mol. The van der Waals surface area contributed by atoms with Gasteiger partial charge in [-0.1, -0.05) is 24.3 Å². The highest BCUT2D eigenvalue weighted by molar-refractivity contribution is 7.85. The maximum Gasteiger partial charge on any atom is 0.425 e. The summed E-state index contributed by atoms with van der Waals surface area (Å²) in [6.07, 6.45) is 0. The van der Waals surface area contributed by atoms with Gasteiger partial charge in [0.05, 0.1) is 4.90 Å². The fraction of sp³-hybridized carbons (Fsp3) is 0.0909. The standard InChI is InChI=1S/C11H11NO3S.2O3S/c1-12-11-7-9(16(13,14)15)6-8-4-2-3-5-10(8)11;2*1-4(2)3/h2-7,12H,1H3,(H,13,14,15);;. The highest BCUT2D eigenvalue weighted by Gasteiger charge is 2.12. The van der Waals surface area contributed by atoms with Gasteiger partial charge in [0.25, 0.3) is 10.1 Å². The zero-order chi connectivity index (χ0) is 18.9. The molecule has 13 heteroatoms. The Morgan fingerprint density at radius 3 is 1.79 bits per heavy atom. The fourth-order valence-electron chi connectivity index (χ4n) is 1.64. The maximum atomic E-state index is 11.1. The monoisotopic (exact) mass is 397 g/mol. The van der Waals surface area contributed by atoms with Gasteiger partial charge in [-0.15, -0.1) is 25.3 Å². The zero-order valence-electron chi connectivity index (χ0n) is 11.9. The summed E-state index contributed by atoms with van der Waals surface area (Å²) in [4.78, 5) is -0.101. The third-order valence-electron chi connectivity index (χ3n) is 2.40. The van der Waals surface area contributed by atoms with E-state index in [1.165, 1.54) is 12.1 Å². The summed E-state index contributed by atoms with van der Waals surface area (Å²) < 4.78 is 81.8. The predicted molar refractivity (Wildman–Crippen MR) is 82.7 cm³/mol. The minimum Gasteiger partial charge on any atom is -0.388 e. The van der Waals surface area contributed by atoms with Crippen LogP contribution in [0.25, 0.3) is 10.8 Å². The first-order valence-electron chi connectivity index (χ1n) is 5.70. The van der Waals surface area contributed by atoms with Gasteiger partial charge in [0.2, 0.25) is 0 Å². The molecule has 2 N–H and O–H groups in total. The molecule has 0 heterocycles.